The number of aryl methyl sites for hydroxylation is 1. The Balaban J connectivity index is 2.69. The average molecular weight is 164 g/mol. The zero-order chi connectivity index (χ0) is 8.97. The molecule has 3 nitrogen and oxygen atoms in total. The standard InChI is InChI=1S/C9H10NO2/c1-7-4-3-5-8(6-7)10-9(11)12-2/h3-6H,2H2,1H3,(H,10,11). The lowest BCUT2D eigenvalue weighted by atomic mass is 10.2. The highest BCUT2D eigenvalue weighted by molar-refractivity contribution is 5.84. The second-order valence-corrected chi connectivity index (χ2v) is 2.43. The minimum atomic E-state index is -0.555. The van der Waals surface area contributed by atoms with E-state index in [9.17, 15) is 4.79 Å². The van der Waals surface area contributed by atoms with E-state index in [1.807, 2.05) is 25.1 Å². The Morgan fingerprint density at radius 1 is 1.58 bits per heavy atom. The summed E-state index contributed by atoms with van der Waals surface area (Å²) >= 11 is 0. The third-order valence-corrected chi connectivity index (χ3v) is 1.40. The number of amides is 1. The van der Waals surface area contributed by atoms with Crippen LogP contribution < -0.4 is 5.32 Å². The quantitative estimate of drug-likeness (QED) is 0.691. The Morgan fingerprint density at radius 3 is 2.92 bits per heavy atom. The number of hydrogen-bond donors (Lipinski definition) is 1. The summed E-state index contributed by atoms with van der Waals surface area (Å²) in [5, 5.41) is 2.51. The highest BCUT2D eigenvalue weighted by atomic mass is 16.5. The predicted octanol–water partition coefficient (Wildman–Crippen LogP) is 2.34. The average Bonchev–Trinajstić information content (AvgIpc) is 2.04. The fourth-order valence-electron chi connectivity index (χ4n) is 0.877. The van der Waals surface area contributed by atoms with Gasteiger partial charge < -0.3 is 4.74 Å². The van der Waals surface area contributed by atoms with E-state index < -0.39 is 6.09 Å². The second-order valence-electron chi connectivity index (χ2n) is 2.43. The Hall–Kier alpha value is -1.51. The fraction of sp³-hybridized carbons (Fsp3) is 0.111. The number of benzene rings is 1. The Bertz CT molecular complexity index is 284. The summed E-state index contributed by atoms with van der Waals surface area (Å²) in [6.07, 6.45) is -0.555. The van der Waals surface area contributed by atoms with Gasteiger partial charge in [0.25, 0.3) is 0 Å². The third kappa shape index (κ3) is 2.27. The van der Waals surface area contributed by atoms with Crippen molar-refractivity contribution in [1.29, 1.82) is 0 Å². The predicted molar refractivity (Wildman–Crippen MR) is 46.6 cm³/mol. The SMILES string of the molecule is [CH2]OC(=O)Nc1cccc(C)c1. The zero-order valence-electron chi connectivity index (χ0n) is 6.83. The van der Waals surface area contributed by atoms with Crippen molar-refractivity contribution in [2.24, 2.45) is 0 Å². The van der Waals surface area contributed by atoms with Gasteiger partial charge in [0.15, 0.2) is 0 Å². The number of rotatable bonds is 1. The van der Waals surface area contributed by atoms with E-state index in [2.05, 4.69) is 17.2 Å². The van der Waals surface area contributed by atoms with Crippen molar-refractivity contribution >= 4 is 11.8 Å². The molecule has 0 heterocycles. The van der Waals surface area contributed by atoms with Gasteiger partial charge in [-0.1, -0.05) is 12.1 Å². The van der Waals surface area contributed by atoms with Crippen molar-refractivity contribution in [3.8, 4) is 0 Å². The molecule has 12 heavy (non-hydrogen) atoms. The van der Waals surface area contributed by atoms with Gasteiger partial charge >= 0.3 is 6.09 Å². The van der Waals surface area contributed by atoms with Crippen LogP contribution in [0.2, 0.25) is 0 Å². The van der Waals surface area contributed by atoms with Crippen molar-refractivity contribution in [3.05, 3.63) is 36.9 Å². The van der Waals surface area contributed by atoms with E-state index in [-0.39, 0.29) is 0 Å². The molecule has 3 heteroatoms. The Labute approximate surface area is 71.4 Å². The highest BCUT2D eigenvalue weighted by Crippen LogP contribution is 2.09. The Morgan fingerprint density at radius 2 is 2.33 bits per heavy atom. The van der Waals surface area contributed by atoms with Crippen LogP contribution in [0.15, 0.2) is 24.3 Å². The van der Waals surface area contributed by atoms with Crippen LogP contribution in [-0.4, -0.2) is 6.09 Å². The first-order valence-electron chi connectivity index (χ1n) is 3.52. The summed E-state index contributed by atoms with van der Waals surface area (Å²) in [5.74, 6) is 0. The van der Waals surface area contributed by atoms with Crippen molar-refractivity contribution in [2.45, 2.75) is 6.92 Å². The van der Waals surface area contributed by atoms with Crippen molar-refractivity contribution in [2.75, 3.05) is 5.32 Å². The molecule has 1 amide bonds. The first-order chi connectivity index (χ1) is 5.72. The molecule has 0 atom stereocenters. The molecule has 0 saturated heterocycles. The van der Waals surface area contributed by atoms with Crippen LogP contribution in [0.4, 0.5) is 10.5 Å². The topological polar surface area (TPSA) is 38.3 Å². The van der Waals surface area contributed by atoms with Gasteiger partial charge in [-0.05, 0) is 24.6 Å². The van der Waals surface area contributed by atoms with Crippen LogP contribution >= 0.6 is 0 Å². The molecular weight excluding hydrogens is 154 g/mol. The first kappa shape index (κ1) is 8.59. The fourth-order valence-corrected chi connectivity index (χ4v) is 0.877. The van der Waals surface area contributed by atoms with Crippen LogP contribution in [-0.2, 0) is 4.74 Å². The van der Waals surface area contributed by atoms with Crippen LogP contribution in [0, 0.1) is 14.0 Å². The first-order valence-corrected chi connectivity index (χ1v) is 3.52. The number of hydrogen-bond acceptors (Lipinski definition) is 2. The van der Waals surface area contributed by atoms with Crippen LogP contribution in [0.1, 0.15) is 5.56 Å². The molecule has 1 radical (unpaired) electrons. The van der Waals surface area contributed by atoms with E-state index in [0.717, 1.165) is 5.56 Å². The lowest BCUT2D eigenvalue weighted by molar-refractivity contribution is 0.199. The summed E-state index contributed by atoms with van der Waals surface area (Å²) in [4.78, 5) is 10.7. The van der Waals surface area contributed by atoms with Gasteiger partial charge in [0.2, 0.25) is 0 Å². The van der Waals surface area contributed by atoms with E-state index >= 15 is 0 Å². The van der Waals surface area contributed by atoms with Crippen LogP contribution in [0.5, 0.6) is 0 Å². The van der Waals surface area contributed by atoms with Crippen molar-refractivity contribution in [3.63, 3.8) is 0 Å². The summed E-state index contributed by atoms with van der Waals surface area (Å²) in [6.45, 7) is 1.95. The monoisotopic (exact) mass is 164 g/mol. The molecule has 63 valence electrons. The van der Waals surface area contributed by atoms with E-state index in [4.69, 9.17) is 0 Å². The van der Waals surface area contributed by atoms with Crippen LogP contribution in [0.25, 0.3) is 0 Å². The molecule has 0 aliphatic heterocycles. The molecule has 0 unspecified atom stereocenters. The molecule has 1 N–H and O–H groups in total. The normalized spacial score (nSPS) is 9.17. The molecule has 1 aromatic rings. The van der Waals surface area contributed by atoms with Crippen molar-refractivity contribution in [1.82, 2.24) is 0 Å². The van der Waals surface area contributed by atoms with E-state index in [0.29, 0.717) is 5.69 Å². The molecule has 0 aliphatic carbocycles. The van der Waals surface area contributed by atoms with E-state index in [1.165, 1.54) is 0 Å². The summed E-state index contributed by atoms with van der Waals surface area (Å²) in [6, 6.07) is 7.43. The summed E-state index contributed by atoms with van der Waals surface area (Å²) in [5.41, 5.74) is 1.79. The van der Waals surface area contributed by atoms with Gasteiger partial charge in [-0.3, -0.25) is 5.32 Å². The minimum Gasteiger partial charge on any atom is -0.446 e. The molecule has 1 rings (SSSR count). The van der Waals surface area contributed by atoms with Crippen molar-refractivity contribution < 1.29 is 9.53 Å². The van der Waals surface area contributed by atoms with Gasteiger partial charge in [0.1, 0.15) is 7.11 Å². The number of carbonyl (C=O) groups is 1. The molecule has 0 spiro atoms. The molecule has 0 aliphatic rings. The third-order valence-electron chi connectivity index (χ3n) is 1.40. The lowest BCUT2D eigenvalue weighted by Crippen LogP contribution is -2.09. The van der Waals surface area contributed by atoms with Gasteiger partial charge in [-0.25, -0.2) is 4.79 Å². The lowest BCUT2D eigenvalue weighted by Gasteiger charge is -2.02. The molecule has 0 aromatic heterocycles. The highest BCUT2D eigenvalue weighted by Gasteiger charge is 1.98. The molecule has 1 aromatic carbocycles. The van der Waals surface area contributed by atoms with E-state index in [1.54, 1.807) is 6.07 Å². The second kappa shape index (κ2) is 3.76. The number of ether oxygens (including phenoxy) is 1. The maximum atomic E-state index is 10.7. The molecule has 0 fully saturated rings. The Kier molecular flexibility index (Phi) is 2.69. The van der Waals surface area contributed by atoms with Crippen LogP contribution in [0.3, 0.4) is 0 Å². The maximum absolute atomic E-state index is 10.7. The van der Waals surface area contributed by atoms with Gasteiger partial charge in [0.05, 0.1) is 0 Å². The number of nitrogens with one attached hydrogen (secondary N) is 1. The van der Waals surface area contributed by atoms with Gasteiger partial charge in [-0.2, -0.15) is 0 Å². The summed E-state index contributed by atoms with van der Waals surface area (Å²) in [7, 11) is 2.99. The molecule has 0 bridgehead atoms. The smallest absolute Gasteiger partial charge is 0.411 e. The minimum absolute atomic E-state index is 0.555. The van der Waals surface area contributed by atoms with Gasteiger partial charge in [0, 0.05) is 5.69 Å². The summed E-state index contributed by atoms with van der Waals surface area (Å²) < 4.78 is 4.19. The largest absolute Gasteiger partial charge is 0.446 e. The maximum Gasteiger partial charge on any atom is 0.411 e. The van der Waals surface area contributed by atoms with Gasteiger partial charge in [-0.15, -0.1) is 0 Å². The number of anilines is 1. The number of carbonyl (C=O) groups excluding carboxylic acids is 1. The molecule has 0 saturated carbocycles. The zero-order valence-corrected chi connectivity index (χ0v) is 6.83. The molecular formula is C9H10NO2.